The molecule has 1 N–H and O–H groups in total. The molecule has 2 amide bonds. The summed E-state index contributed by atoms with van der Waals surface area (Å²) in [7, 11) is 2.00. The maximum atomic E-state index is 13.3. The van der Waals surface area contributed by atoms with Crippen LogP contribution >= 0.6 is 0 Å². The highest BCUT2D eigenvalue weighted by Crippen LogP contribution is 2.38. The van der Waals surface area contributed by atoms with Crippen molar-refractivity contribution in [3.8, 4) is 5.75 Å². The highest BCUT2D eigenvalue weighted by atomic mass is 16.5. The van der Waals surface area contributed by atoms with Gasteiger partial charge in [-0.2, -0.15) is 0 Å². The second kappa shape index (κ2) is 10.6. The summed E-state index contributed by atoms with van der Waals surface area (Å²) in [4.78, 5) is 30.3. The van der Waals surface area contributed by atoms with Gasteiger partial charge < -0.3 is 29.3 Å². The second-order valence-corrected chi connectivity index (χ2v) is 10.2. The van der Waals surface area contributed by atoms with Crippen LogP contribution in [0.25, 0.3) is 0 Å². The molecule has 34 heavy (non-hydrogen) atoms. The number of piperidine rings is 1. The number of amides is 2. The summed E-state index contributed by atoms with van der Waals surface area (Å²) in [6, 6.07) is 7.76. The molecule has 3 atom stereocenters. The van der Waals surface area contributed by atoms with Crippen molar-refractivity contribution in [2.75, 3.05) is 46.5 Å². The van der Waals surface area contributed by atoms with Crippen LogP contribution in [0.15, 0.2) is 24.3 Å². The van der Waals surface area contributed by atoms with Crippen LogP contribution in [0.2, 0.25) is 0 Å². The number of carbonyl (C=O) groups is 2. The predicted octanol–water partition coefficient (Wildman–Crippen LogP) is 1.93. The first kappa shape index (κ1) is 23.6. The van der Waals surface area contributed by atoms with Crippen LogP contribution in [-0.4, -0.2) is 92.4 Å². The zero-order chi connectivity index (χ0) is 23.5. The van der Waals surface area contributed by atoms with E-state index in [4.69, 9.17) is 14.2 Å². The molecule has 4 aliphatic heterocycles. The van der Waals surface area contributed by atoms with Crippen LogP contribution in [0.4, 0.5) is 0 Å². The number of para-hydroxylation sites is 1. The van der Waals surface area contributed by atoms with Gasteiger partial charge in [0.05, 0.1) is 31.4 Å². The number of nitrogens with zero attached hydrogens (tertiary/aromatic N) is 2. The van der Waals surface area contributed by atoms with Crippen LogP contribution < -0.4 is 10.1 Å². The zero-order valence-corrected chi connectivity index (χ0v) is 20.1. The van der Waals surface area contributed by atoms with Crippen molar-refractivity contribution in [3.05, 3.63) is 29.8 Å². The summed E-state index contributed by atoms with van der Waals surface area (Å²) < 4.78 is 18.2. The highest BCUT2D eigenvalue weighted by Gasteiger charge is 2.38. The first-order valence-electron chi connectivity index (χ1n) is 12.8. The Bertz CT molecular complexity index is 872. The quantitative estimate of drug-likeness (QED) is 0.710. The van der Waals surface area contributed by atoms with E-state index in [1.807, 2.05) is 30.1 Å². The molecule has 3 unspecified atom stereocenters. The Balaban J connectivity index is 1.34. The Kier molecular flexibility index (Phi) is 7.37. The number of likely N-dealkylation sites (N-methyl/N-ethyl adjacent to an activating group) is 1. The third-order valence-electron chi connectivity index (χ3n) is 7.88. The van der Waals surface area contributed by atoms with Crippen molar-refractivity contribution < 1.29 is 23.8 Å². The first-order chi connectivity index (χ1) is 16.6. The molecule has 3 fully saturated rings. The Labute approximate surface area is 201 Å². The normalized spacial score (nSPS) is 32.9. The Morgan fingerprint density at radius 1 is 1.06 bits per heavy atom. The van der Waals surface area contributed by atoms with Crippen molar-refractivity contribution in [2.24, 2.45) is 0 Å². The maximum absolute atomic E-state index is 13.3. The number of morpholine rings is 1. The predicted molar refractivity (Wildman–Crippen MR) is 127 cm³/mol. The van der Waals surface area contributed by atoms with Gasteiger partial charge in [-0.25, -0.2) is 0 Å². The number of benzene rings is 1. The van der Waals surface area contributed by atoms with Crippen molar-refractivity contribution in [2.45, 2.75) is 68.7 Å². The van der Waals surface area contributed by atoms with E-state index < -0.39 is 6.10 Å². The van der Waals surface area contributed by atoms with E-state index in [1.54, 1.807) is 0 Å². The fraction of sp³-hybridized carbons (Fsp3) is 0.692. The van der Waals surface area contributed by atoms with Gasteiger partial charge in [-0.1, -0.05) is 18.2 Å². The smallest absolute Gasteiger partial charge is 0.260 e. The van der Waals surface area contributed by atoms with Crippen LogP contribution in [0.5, 0.6) is 5.75 Å². The van der Waals surface area contributed by atoms with Gasteiger partial charge in [0.25, 0.3) is 11.8 Å². The average Bonchev–Trinajstić information content (AvgIpc) is 2.88. The molecule has 5 aliphatic rings. The van der Waals surface area contributed by atoms with Crippen molar-refractivity contribution in [3.63, 3.8) is 0 Å². The third-order valence-corrected chi connectivity index (χ3v) is 7.88. The van der Waals surface area contributed by atoms with E-state index in [0.29, 0.717) is 32.2 Å². The Morgan fingerprint density at radius 3 is 2.71 bits per heavy atom. The van der Waals surface area contributed by atoms with E-state index >= 15 is 0 Å². The van der Waals surface area contributed by atoms with E-state index in [1.165, 1.54) is 5.56 Å². The number of rotatable bonds is 2. The highest BCUT2D eigenvalue weighted by molar-refractivity contribution is 5.82. The summed E-state index contributed by atoms with van der Waals surface area (Å²) in [5, 5.41) is 3.21. The van der Waals surface area contributed by atoms with Gasteiger partial charge in [0.1, 0.15) is 11.9 Å². The summed E-state index contributed by atoms with van der Waals surface area (Å²) in [5.74, 6) is 1.11. The van der Waals surface area contributed by atoms with Gasteiger partial charge in [0.2, 0.25) is 0 Å². The number of carbonyl (C=O) groups excluding carboxylic acids is 2. The lowest BCUT2D eigenvalue weighted by Crippen LogP contribution is -2.61. The maximum Gasteiger partial charge on any atom is 0.260 e. The zero-order valence-electron chi connectivity index (χ0n) is 20.1. The van der Waals surface area contributed by atoms with Crippen LogP contribution in [0.1, 0.15) is 50.0 Å². The Hall–Kier alpha value is -2.16. The molecule has 1 aromatic rings. The fourth-order valence-corrected chi connectivity index (χ4v) is 5.90. The largest absolute Gasteiger partial charge is 0.483 e. The lowest BCUT2D eigenvalue weighted by molar-refractivity contribution is -0.145. The average molecular weight is 472 g/mol. The number of ether oxygens (including phenoxy) is 3. The van der Waals surface area contributed by atoms with Gasteiger partial charge in [0.15, 0.2) is 6.61 Å². The van der Waals surface area contributed by atoms with Gasteiger partial charge in [0, 0.05) is 19.6 Å². The minimum atomic E-state index is -0.476. The Morgan fingerprint density at radius 2 is 1.88 bits per heavy atom. The van der Waals surface area contributed by atoms with Gasteiger partial charge in [-0.05, 0) is 63.1 Å². The van der Waals surface area contributed by atoms with Gasteiger partial charge >= 0.3 is 0 Å². The van der Waals surface area contributed by atoms with E-state index in [-0.39, 0.29) is 36.6 Å². The molecule has 0 aromatic heterocycles. The second-order valence-electron chi connectivity index (χ2n) is 10.2. The molecule has 2 saturated heterocycles. The number of hydrogen-bond acceptors (Lipinski definition) is 6. The number of hydrogen-bond donors (Lipinski definition) is 1. The standard InChI is InChI=1S/C26H37N3O5/c1-28-13-14-32-24(15-28)26(31)27-21-6-4-12-29-22(21)16-33-19-10-8-18(9-11-19)20-5-2-3-7-23(20)34-17-25(29)30/h2-3,5,7,18-19,21-22,24H,4,6,8-17H2,1H3,(H,27,31). The molecule has 186 valence electrons. The first-order valence-corrected chi connectivity index (χ1v) is 12.8. The third kappa shape index (κ3) is 5.24. The molecule has 1 saturated carbocycles. The molecule has 8 nitrogen and oxygen atoms in total. The van der Waals surface area contributed by atoms with Crippen molar-refractivity contribution >= 4 is 11.8 Å². The van der Waals surface area contributed by atoms with Gasteiger partial charge in [-0.15, -0.1) is 0 Å². The van der Waals surface area contributed by atoms with Crippen molar-refractivity contribution in [1.82, 2.24) is 15.1 Å². The topological polar surface area (TPSA) is 80.3 Å². The monoisotopic (exact) mass is 471 g/mol. The van der Waals surface area contributed by atoms with E-state index in [0.717, 1.165) is 50.8 Å². The molecule has 6 rings (SSSR count). The summed E-state index contributed by atoms with van der Waals surface area (Å²) in [6.07, 6.45) is 5.48. The van der Waals surface area contributed by atoms with E-state index in [9.17, 15) is 9.59 Å². The molecule has 4 heterocycles. The summed E-state index contributed by atoms with van der Waals surface area (Å²) in [6.45, 7) is 3.06. The lowest BCUT2D eigenvalue weighted by atomic mass is 9.82. The van der Waals surface area contributed by atoms with Crippen molar-refractivity contribution in [1.29, 1.82) is 0 Å². The lowest BCUT2D eigenvalue weighted by Gasteiger charge is -2.42. The minimum Gasteiger partial charge on any atom is -0.483 e. The van der Waals surface area contributed by atoms with Gasteiger partial charge in [-0.3, -0.25) is 9.59 Å². The van der Waals surface area contributed by atoms with E-state index in [2.05, 4.69) is 16.3 Å². The number of fused-ring (bicyclic) bond motifs is 5. The summed E-state index contributed by atoms with van der Waals surface area (Å²) >= 11 is 0. The molecule has 2 bridgehead atoms. The SMILES string of the molecule is CN1CCOC(C(=O)NC2CCCN3C(=O)COc4ccccc4C4CCC(CC4)OCC23)C1. The molecule has 1 aromatic carbocycles. The van der Waals surface area contributed by atoms with Crippen LogP contribution in [0.3, 0.4) is 0 Å². The molecule has 0 spiro atoms. The molecule has 0 radical (unpaired) electrons. The fourth-order valence-electron chi connectivity index (χ4n) is 5.90. The number of nitrogens with one attached hydrogen (secondary N) is 1. The molecule has 8 heteroatoms. The molecular weight excluding hydrogens is 434 g/mol. The molecular formula is C26H37N3O5. The minimum absolute atomic E-state index is 0.000852. The van der Waals surface area contributed by atoms with Crippen LogP contribution in [0, 0.1) is 0 Å². The summed E-state index contributed by atoms with van der Waals surface area (Å²) in [5.41, 5.74) is 1.20. The van der Waals surface area contributed by atoms with Crippen LogP contribution in [-0.2, 0) is 19.1 Å². The molecule has 1 aliphatic carbocycles.